The molecule has 0 N–H and O–H groups in total. The third-order valence-electron chi connectivity index (χ3n) is 1.93. The van der Waals surface area contributed by atoms with Gasteiger partial charge in [-0.2, -0.15) is 0 Å². The summed E-state index contributed by atoms with van der Waals surface area (Å²) < 4.78 is 1.69. The average molecular weight is 426 g/mol. The first-order valence-electron chi connectivity index (χ1n) is 3.99. The summed E-state index contributed by atoms with van der Waals surface area (Å²) in [5, 5.41) is 11.4. The summed E-state index contributed by atoms with van der Waals surface area (Å²) in [6, 6.07) is 6.77. The van der Waals surface area contributed by atoms with E-state index in [1.807, 2.05) is 6.07 Å². The number of hydrogen-bond donors (Lipinski definition) is 0. The Morgan fingerprint density at radius 3 is 2.73 bits per heavy atom. The minimum atomic E-state index is -0.376. The SMILES string of the molecule is O=[N+]([O-])c1cccc2nc(I)cc(I)c12. The van der Waals surface area contributed by atoms with E-state index in [9.17, 15) is 10.1 Å². The standard InChI is InChI=1S/C9H4I2N2O2/c10-5-4-8(11)12-6-2-1-3-7(9(5)6)13(14)15/h1-4H. The van der Waals surface area contributed by atoms with Crippen molar-refractivity contribution in [2.45, 2.75) is 0 Å². The molecule has 0 saturated heterocycles. The Balaban J connectivity index is 2.91. The predicted molar refractivity (Wildman–Crippen MR) is 73.8 cm³/mol. The Kier molecular flexibility index (Phi) is 3.05. The van der Waals surface area contributed by atoms with Gasteiger partial charge in [0, 0.05) is 9.64 Å². The highest BCUT2D eigenvalue weighted by atomic mass is 127. The number of benzene rings is 1. The molecular weight excluding hydrogens is 422 g/mol. The molecule has 6 heteroatoms. The van der Waals surface area contributed by atoms with E-state index in [0.717, 1.165) is 7.27 Å². The molecule has 0 saturated carbocycles. The molecule has 1 aromatic heterocycles. The molecular formula is C9H4I2N2O2. The second-order valence-electron chi connectivity index (χ2n) is 2.86. The van der Waals surface area contributed by atoms with E-state index < -0.39 is 0 Å². The Hall–Kier alpha value is -0.510. The first kappa shape index (κ1) is 11.0. The molecule has 2 rings (SSSR count). The van der Waals surface area contributed by atoms with Crippen LogP contribution in [0.2, 0.25) is 0 Å². The van der Waals surface area contributed by atoms with Crippen molar-refractivity contribution in [1.29, 1.82) is 0 Å². The minimum absolute atomic E-state index is 0.112. The van der Waals surface area contributed by atoms with Crippen LogP contribution in [0.25, 0.3) is 10.9 Å². The number of aromatic nitrogens is 1. The summed E-state index contributed by atoms with van der Waals surface area (Å²) in [5.41, 5.74) is 0.779. The Labute approximate surface area is 113 Å². The van der Waals surface area contributed by atoms with Gasteiger partial charge in [-0.3, -0.25) is 10.1 Å². The molecule has 0 atom stereocenters. The smallest absolute Gasteiger partial charge is 0.258 e. The molecule has 0 aliphatic heterocycles. The molecule has 0 unspecified atom stereocenters. The lowest BCUT2D eigenvalue weighted by Gasteiger charge is -2.01. The van der Waals surface area contributed by atoms with Crippen LogP contribution in [0.4, 0.5) is 5.69 Å². The van der Waals surface area contributed by atoms with Gasteiger partial charge in [0.25, 0.3) is 5.69 Å². The van der Waals surface area contributed by atoms with Gasteiger partial charge in [-0.05, 0) is 57.3 Å². The third-order valence-corrected chi connectivity index (χ3v) is 3.33. The van der Waals surface area contributed by atoms with Crippen molar-refractivity contribution in [2.24, 2.45) is 0 Å². The van der Waals surface area contributed by atoms with E-state index in [-0.39, 0.29) is 10.6 Å². The number of nitrogens with zero attached hydrogens (tertiary/aromatic N) is 2. The van der Waals surface area contributed by atoms with Crippen molar-refractivity contribution in [1.82, 2.24) is 4.98 Å². The van der Waals surface area contributed by atoms with Crippen LogP contribution in [0.5, 0.6) is 0 Å². The van der Waals surface area contributed by atoms with Crippen LogP contribution in [-0.2, 0) is 0 Å². The van der Waals surface area contributed by atoms with Gasteiger partial charge in [0.05, 0.1) is 15.8 Å². The third kappa shape index (κ3) is 2.05. The highest BCUT2D eigenvalue weighted by Crippen LogP contribution is 2.29. The maximum atomic E-state index is 10.8. The van der Waals surface area contributed by atoms with E-state index in [0.29, 0.717) is 10.9 Å². The fraction of sp³-hybridized carbons (Fsp3) is 0. The Morgan fingerprint density at radius 1 is 1.33 bits per heavy atom. The highest BCUT2D eigenvalue weighted by Gasteiger charge is 2.15. The number of nitro groups is 1. The maximum absolute atomic E-state index is 10.8. The van der Waals surface area contributed by atoms with E-state index in [1.54, 1.807) is 12.1 Å². The quantitative estimate of drug-likeness (QED) is 0.305. The largest absolute Gasteiger partial charge is 0.279 e. The first-order chi connectivity index (χ1) is 7.09. The van der Waals surface area contributed by atoms with Crippen LogP contribution in [-0.4, -0.2) is 9.91 Å². The summed E-state index contributed by atoms with van der Waals surface area (Å²) in [5.74, 6) is 0. The fourth-order valence-electron chi connectivity index (χ4n) is 1.34. The molecule has 4 nitrogen and oxygen atoms in total. The van der Waals surface area contributed by atoms with Gasteiger partial charge in [-0.25, -0.2) is 4.98 Å². The number of pyridine rings is 1. The van der Waals surface area contributed by atoms with Crippen molar-refractivity contribution >= 4 is 61.8 Å². The number of fused-ring (bicyclic) bond motifs is 1. The molecule has 0 radical (unpaired) electrons. The number of hydrogen-bond acceptors (Lipinski definition) is 3. The number of halogens is 2. The molecule has 0 aliphatic rings. The molecule has 76 valence electrons. The number of nitro benzene ring substituents is 1. The Morgan fingerprint density at radius 2 is 2.07 bits per heavy atom. The van der Waals surface area contributed by atoms with Crippen LogP contribution in [0.3, 0.4) is 0 Å². The topological polar surface area (TPSA) is 56.0 Å². The minimum Gasteiger partial charge on any atom is -0.258 e. The second kappa shape index (κ2) is 4.16. The molecule has 1 heterocycles. The maximum Gasteiger partial charge on any atom is 0.279 e. The van der Waals surface area contributed by atoms with Crippen LogP contribution in [0.1, 0.15) is 0 Å². The second-order valence-corrected chi connectivity index (χ2v) is 5.12. The molecule has 0 fully saturated rings. The lowest BCUT2D eigenvalue weighted by molar-refractivity contribution is -0.383. The monoisotopic (exact) mass is 426 g/mol. The van der Waals surface area contributed by atoms with Crippen LogP contribution >= 0.6 is 45.2 Å². The molecule has 2 aromatic rings. The van der Waals surface area contributed by atoms with E-state index >= 15 is 0 Å². The Bertz CT molecular complexity index is 557. The van der Waals surface area contributed by atoms with Crippen molar-refractivity contribution in [3.05, 3.63) is 41.7 Å². The van der Waals surface area contributed by atoms with Crippen molar-refractivity contribution < 1.29 is 4.92 Å². The van der Waals surface area contributed by atoms with Crippen molar-refractivity contribution in [3.8, 4) is 0 Å². The number of rotatable bonds is 1. The van der Waals surface area contributed by atoms with E-state index in [1.165, 1.54) is 6.07 Å². The van der Waals surface area contributed by atoms with Gasteiger partial charge in [0.2, 0.25) is 0 Å². The first-order valence-corrected chi connectivity index (χ1v) is 6.14. The van der Waals surface area contributed by atoms with E-state index in [2.05, 4.69) is 50.2 Å². The molecule has 0 amide bonds. The normalized spacial score (nSPS) is 10.5. The molecule has 1 aromatic carbocycles. The summed E-state index contributed by atoms with van der Waals surface area (Å²) in [6.45, 7) is 0. The van der Waals surface area contributed by atoms with Gasteiger partial charge < -0.3 is 0 Å². The van der Waals surface area contributed by atoms with Crippen LogP contribution in [0, 0.1) is 17.4 Å². The molecule has 0 bridgehead atoms. The summed E-state index contributed by atoms with van der Waals surface area (Å²) >= 11 is 4.19. The fourth-order valence-corrected chi connectivity index (χ4v) is 3.36. The van der Waals surface area contributed by atoms with Gasteiger partial charge in [0.15, 0.2) is 0 Å². The van der Waals surface area contributed by atoms with Gasteiger partial charge in [-0.15, -0.1) is 0 Å². The van der Waals surface area contributed by atoms with Crippen LogP contribution in [0.15, 0.2) is 24.3 Å². The zero-order valence-electron chi connectivity index (χ0n) is 7.28. The lowest BCUT2D eigenvalue weighted by atomic mass is 10.2. The zero-order chi connectivity index (χ0) is 11.0. The van der Waals surface area contributed by atoms with Crippen molar-refractivity contribution in [3.63, 3.8) is 0 Å². The number of non-ortho nitro benzene ring substituents is 1. The summed E-state index contributed by atoms with van der Waals surface area (Å²) in [7, 11) is 0. The summed E-state index contributed by atoms with van der Waals surface area (Å²) in [4.78, 5) is 14.7. The van der Waals surface area contributed by atoms with Crippen LogP contribution < -0.4 is 0 Å². The summed E-state index contributed by atoms with van der Waals surface area (Å²) in [6.07, 6.45) is 0. The molecule has 15 heavy (non-hydrogen) atoms. The molecule has 0 spiro atoms. The molecule has 0 aliphatic carbocycles. The average Bonchev–Trinajstić information content (AvgIpc) is 2.16. The van der Waals surface area contributed by atoms with Crippen molar-refractivity contribution in [2.75, 3.05) is 0 Å². The van der Waals surface area contributed by atoms with Gasteiger partial charge in [-0.1, -0.05) is 6.07 Å². The predicted octanol–water partition coefficient (Wildman–Crippen LogP) is 3.35. The lowest BCUT2D eigenvalue weighted by Crippen LogP contribution is -1.93. The van der Waals surface area contributed by atoms with Gasteiger partial charge >= 0.3 is 0 Å². The highest BCUT2D eigenvalue weighted by molar-refractivity contribution is 14.1. The zero-order valence-corrected chi connectivity index (χ0v) is 11.6. The van der Waals surface area contributed by atoms with E-state index in [4.69, 9.17) is 0 Å². The van der Waals surface area contributed by atoms with Gasteiger partial charge in [0.1, 0.15) is 3.70 Å².